The highest BCUT2D eigenvalue weighted by atomic mass is 16.5. The van der Waals surface area contributed by atoms with Gasteiger partial charge in [-0.2, -0.15) is 5.26 Å². The third-order valence-corrected chi connectivity index (χ3v) is 2.78. The van der Waals surface area contributed by atoms with Crippen LogP contribution in [-0.4, -0.2) is 10.7 Å². The van der Waals surface area contributed by atoms with Gasteiger partial charge in [-0.1, -0.05) is 0 Å². The molecule has 4 nitrogen and oxygen atoms in total. The number of hydrogen-bond donors (Lipinski definition) is 0. The molecule has 0 radical (unpaired) electrons. The van der Waals surface area contributed by atoms with Crippen molar-refractivity contribution >= 4 is 10.8 Å². The highest BCUT2D eigenvalue weighted by molar-refractivity contribution is 5.82. The van der Waals surface area contributed by atoms with E-state index in [9.17, 15) is 4.79 Å². The second-order valence-electron chi connectivity index (χ2n) is 4.64. The van der Waals surface area contributed by atoms with Crippen molar-refractivity contribution in [2.75, 3.05) is 0 Å². The number of aryl methyl sites for hydroxylation is 1. The van der Waals surface area contributed by atoms with Crippen molar-refractivity contribution in [3.63, 3.8) is 0 Å². The molecule has 0 spiro atoms. The zero-order chi connectivity index (χ0) is 13.8. The number of nitrogens with zero attached hydrogens (tertiary/aromatic N) is 2. The van der Waals surface area contributed by atoms with Crippen LogP contribution in [0.25, 0.3) is 10.8 Å². The van der Waals surface area contributed by atoms with Gasteiger partial charge in [0, 0.05) is 18.1 Å². The summed E-state index contributed by atoms with van der Waals surface area (Å²) in [6, 6.07) is 9.37. The van der Waals surface area contributed by atoms with Gasteiger partial charge in [0.2, 0.25) is 0 Å². The smallest absolute Gasteiger partial charge is 0.258 e. The van der Waals surface area contributed by atoms with E-state index in [1.165, 1.54) is 0 Å². The van der Waals surface area contributed by atoms with Gasteiger partial charge in [-0.15, -0.1) is 0 Å². The molecule has 0 aliphatic rings. The van der Waals surface area contributed by atoms with E-state index in [0.29, 0.717) is 18.4 Å². The molecule has 0 atom stereocenters. The molecule has 0 aliphatic carbocycles. The van der Waals surface area contributed by atoms with Gasteiger partial charge in [0.25, 0.3) is 5.56 Å². The molecule has 1 heterocycles. The lowest BCUT2D eigenvalue weighted by molar-refractivity contribution is 0.243. The Bertz CT molecular complexity index is 681. The minimum Gasteiger partial charge on any atom is -0.491 e. The van der Waals surface area contributed by atoms with Gasteiger partial charge in [0.1, 0.15) is 5.75 Å². The molecule has 2 rings (SSSR count). The van der Waals surface area contributed by atoms with E-state index in [4.69, 9.17) is 10.00 Å². The SMILES string of the molecule is CC(C)Oc1ccc2c(=O)n(CCC#N)ccc2c1. The maximum absolute atomic E-state index is 12.2. The first-order valence-electron chi connectivity index (χ1n) is 6.28. The van der Waals surface area contributed by atoms with E-state index < -0.39 is 0 Å². The second-order valence-corrected chi connectivity index (χ2v) is 4.64. The van der Waals surface area contributed by atoms with Crippen molar-refractivity contribution < 1.29 is 4.74 Å². The third kappa shape index (κ3) is 2.94. The summed E-state index contributed by atoms with van der Waals surface area (Å²) in [6.07, 6.45) is 2.16. The largest absolute Gasteiger partial charge is 0.491 e. The Morgan fingerprint density at radius 2 is 2.16 bits per heavy atom. The van der Waals surface area contributed by atoms with E-state index in [2.05, 4.69) is 0 Å². The predicted octanol–water partition coefficient (Wildman–Crippen LogP) is 2.70. The Kier molecular flexibility index (Phi) is 3.86. The molecule has 0 fully saturated rings. The maximum atomic E-state index is 12.2. The Balaban J connectivity index is 2.42. The fraction of sp³-hybridized carbons (Fsp3) is 0.333. The molecule has 98 valence electrons. The summed E-state index contributed by atoms with van der Waals surface area (Å²) >= 11 is 0. The monoisotopic (exact) mass is 256 g/mol. The van der Waals surface area contributed by atoms with Gasteiger partial charge in [-0.05, 0) is 43.5 Å². The highest BCUT2D eigenvalue weighted by Gasteiger charge is 2.05. The van der Waals surface area contributed by atoms with E-state index in [0.717, 1.165) is 11.1 Å². The Labute approximate surface area is 111 Å². The fourth-order valence-corrected chi connectivity index (χ4v) is 1.96. The number of aromatic nitrogens is 1. The van der Waals surface area contributed by atoms with Crippen LogP contribution >= 0.6 is 0 Å². The first kappa shape index (κ1) is 13.2. The number of rotatable bonds is 4. The molecule has 1 aromatic carbocycles. The Morgan fingerprint density at radius 3 is 2.84 bits per heavy atom. The van der Waals surface area contributed by atoms with Crippen molar-refractivity contribution in [2.24, 2.45) is 0 Å². The zero-order valence-electron chi connectivity index (χ0n) is 11.1. The van der Waals surface area contributed by atoms with Crippen molar-refractivity contribution in [3.05, 3.63) is 40.8 Å². The number of fused-ring (bicyclic) bond motifs is 1. The number of hydrogen-bond acceptors (Lipinski definition) is 3. The van der Waals surface area contributed by atoms with E-state index in [1.807, 2.05) is 32.0 Å². The van der Waals surface area contributed by atoms with E-state index >= 15 is 0 Å². The van der Waals surface area contributed by atoms with Gasteiger partial charge < -0.3 is 9.30 Å². The molecule has 0 aliphatic heterocycles. The van der Waals surface area contributed by atoms with Crippen LogP contribution in [0.5, 0.6) is 5.75 Å². The number of ether oxygens (including phenoxy) is 1. The molecule has 0 amide bonds. The van der Waals surface area contributed by atoms with Crippen molar-refractivity contribution in [3.8, 4) is 11.8 Å². The van der Waals surface area contributed by atoms with Crippen LogP contribution in [0.2, 0.25) is 0 Å². The van der Waals surface area contributed by atoms with Gasteiger partial charge in [-0.25, -0.2) is 0 Å². The summed E-state index contributed by atoms with van der Waals surface area (Å²) in [5.74, 6) is 0.761. The number of benzene rings is 1. The summed E-state index contributed by atoms with van der Waals surface area (Å²) in [7, 11) is 0. The molecule has 0 N–H and O–H groups in total. The van der Waals surface area contributed by atoms with E-state index in [-0.39, 0.29) is 11.7 Å². The van der Waals surface area contributed by atoms with Gasteiger partial charge in [0.15, 0.2) is 0 Å². The van der Waals surface area contributed by atoms with Gasteiger partial charge in [-0.3, -0.25) is 4.79 Å². The highest BCUT2D eigenvalue weighted by Crippen LogP contribution is 2.19. The summed E-state index contributed by atoms with van der Waals surface area (Å²) in [5, 5.41) is 10.1. The molecule has 0 unspecified atom stereocenters. The van der Waals surface area contributed by atoms with E-state index in [1.54, 1.807) is 22.9 Å². The quantitative estimate of drug-likeness (QED) is 0.845. The molecule has 0 saturated heterocycles. The van der Waals surface area contributed by atoms with Crippen LogP contribution in [0, 0.1) is 11.3 Å². The fourth-order valence-electron chi connectivity index (χ4n) is 1.96. The zero-order valence-corrected chi connectivity index (χ0v) is 11.1. The van der Waals surface area contributed by atoms with Crippen LogP contribution in [0.4, 0.5) is 0 Å². The maximum Gasteiger partial charge on any atom is 0.258 e. The lowest BCUT2D eigenvalue weighted by Crippen LogP contribution is -2.19. The predicted molar refractivity (Wildman–Crippen MR) is 74.2 cm³/mol. The molecular formula is C15H16N2O2. The molecule has 1 aromatic heterocycles. The van der Waals surface area contributed by atoms with Crippen LogP contribution in [0.15, 0.2) is 35.3 Å². The molecule has 4 heteroatoms. The summed E-state index contributed by atoms with van der Waals surface area (Å²) < 4.78 is 7.17. The second kappa shape index (κ2) is 5.57. The lowest BCUT2D eigenvalue weighted by Gasteiger charge is -2.11. The van der Waals surface area contributed by atoms with Crippen LogP contribution in [0.1, 0.15) is 20.3 Å². The van der Waals surface area contributed by atoms with Crippen LogP contribution in [0.3, 0.4) is 0 Å². The van der Waals surface area contributed by atoms with Crippen LogP contribution < -0.4 is 10.3 Å². The molecule has 2 aromatic rings. The lowest BCUT2D eigenvalue weighted by atomic mass is 10.1. The first-order valence-corrected chi connectivity index (χ1v) is 6.28. The molecule has 19 heavy (non-hydrogen) atoms. The Hall–Kier alpha value is -2.28. The molecule has 0 saturated carbocycles. The van der Waals surface area contributed by atoms with Crippen molar-refractivity contribution in [1.82, 2.24) is 4.57 Å². The van der Waals surface area contributed by atoms with Gasteiger partial charge in [0.05, 0.1) is 18.6 Å². The summed E-state index contributed by atoms with van der Waals surface area (Å²) in [6.45, 7) is 4.35. The average Bonchev–Trinajstić information content (AvgIpc) is 2.37. The number of nitriles is 1. The minimum atomic E-state index is -0.0659. The van der Waals surface area contributed by atoms with Crippen molar-refractivity contribution in [2.45, 2.75) is 32.9 Å². The molecular weight excluding hydrogens is 240 g/mol. The Morgan fingerprint density at radius 1 is 1.37 bits per heavy atom. The van der Waals surface area contributed by atoms with Crippen molar-refractivity contribution in [1.29, 1.82) is 5.26 Å². The van der Waals surface area contributed by atoms with Gasteiger partial charge >= 0.3 is 0 Å². The number of pyridine rings is 1. The normalized spacial score (nSPS) is 10.6. The molecule has 0 bridgehead atoms. The summed E-state index contributed by atoms with van der Waals surface area (Å²) in [4.78, 5) is 12.2. The minimum absolute atomic E-state index is 0.0659. The topological polar surface area (TPSA) is 55.0 Å². The summed E-state index contributed by atoms with van der Waals surface area (Å²) in [5.41, 5.74) is -0.0659. The standard InChI is InChI=1S/C15H16N2O2/c1-11(2)19-13-4-5-14-12(10-13)6-9-17(15(14)18)8-3-7-16/h4-6,9-11H,3,8H2,1-2H3. The van der Waals surface area contributed by atoms with Crippen LogP contribution in [-0.2, 0) is 6.54 Å². The first-order chi connectivity index (χ1) is 9.11. The average molecular weight is 256 g/mol. The third-order valence-electron chi connectivity index (χ3n) is 2.78.